The molecule has 1 aliphatic rings. The largest absolute Gasteiger partial charge is 0.324 e. The number of hydrogen-bond donors (Lipinski definition) is 2. The van der Waals surface area contributed by atoms with Crippen LogP contribution in [0.2, 0.25) is 10.0 Å². The van der Waals surface area contributed by atoms with Crippen LogP contribution < -0.4 is 10.6 Å². The van der Waals surface area contributed by atoms with Gasteiger partial charge in [0, 0.05) is 11.6 Å². The van der Waals surface area contributed by atoms with E-state index in [1.807, 2.05) is 6.92 Å². The first-order valence-electron chi connectivity index (χ1n) is 6.84. The third kappa shape index (κ3) is 2.80. The molecule has 1 saturated heterocycles. The Kier molecular flexibility index (Phi) is 4.62. The fraction of sp³-hybridized carbons (Fsp3) is 0.533. The lowest BCUT2D eigenvalue weighted by Gasteiger charge is -2.31. The predicted octanol–water partition coefficient (Wildman–Crippen LogP) is 3.88. The van der Waals surface area contributed by atoms with E-state index in [1.165, 1.54) is 0 Å². The Balaban J connectivity index is 2.25. The maximum Gasteiger partial charge on any atom is 0.232 e. The number of benzene rings is 1. The summed E-state index contributed by atoms with van der Waals surface area (Å²) in [5.41, 5.74) is 1.11. The SMILES string of the molecule is Cc1cc(Cl)c(NC(=O)C2(C(C)C)CCNC2)cc1Cl. The number of hydrogen-bond acceptors (Lipinski definition) is 2. The van der Waals surface area contributed by atoms with E-state index in [2.05, 4.69) is 24.5 Å². The maximum absolute atomic E-state index is 12.7. The maximum atomic E-state index is 12.7. The third-order valence-corrected chi connectivity index (χ3v) is 4.96. The number of rotatable bonds is 3. The van der Waals surface area contributed by atoms with Crippen LogP contribution in [0.3, 0.4) is 0 Å². The Hall–Kier alpha value is -0.770. The van der Waals surface area contributed by atoms with Gasteiger partial charge in [-0.2, -0.15) is 0 Å². The summed E-state index contributed by atoms with van der Waals surface area (Å²) in [6.07, 6.45) is 0.841. The van der Waals surface area contributed by atoms with Crippen molar-refractivity contribution in [2.24, 2.45) is 11.3 Å². The molecule has 3 nitrogen and oxygen atoms in total. The smallest absolute Gasteiger partial charge is 0.232 e. The molecule has 2 rings (SSSR count). The Bertz CT molecular complexity index is 523. The van der Waals surface area contributed by atoms with Crippen LogP contribution in [0.5, 0.6) is 0 Å². The van der Waals surface area contributed by atoms with Gasteiger partial charge < -0.3 is 10.6 Å². The zero-order valence-electron chi connectivity index (χ0n) is 12.0. The van der Waals surface area contributed by atoms with Gasteiger partial charge in [-0.25, -0.2) is 0 Å². The Morgan fingerprint density at radius 3 is 2.60 bits per heavy atom. The Morgan fingerprint density at radius 2 is 2.05 bits per heavy atom. The summed E-state index contributed by atoms with van der Waals surface area (Å²) in [6, 6.07) is 3.49. The van der Waals surface area contributed by atoms with Crippen LogP contribution in [0, 0.1) is 18.3 Å². The molecule has 1 aliphatic heterocycles. The van der Waals surface area contributed by atoms with E-state index in [1.54, 1.807) is 12.1 Å². The van der Waals surface area contributed by atoms with Crippen LogP contribution in [-0.2, 0) is 4.79 Å². The normalized spacial score (nSPS) is 22.3. The summed E-state index contributed by atoms with van der Waals surface area (Å²) >= 11 is 12.3. The van der Waals surface area contributed by atoms with Crippen molar-refractivity contribution >= 4 is 34.8 Å². The van der Waals surface area contributed by atoms with Gasteiger partial charge in [0.1, 0.15) is 0 Å². The zero-order chi connectivity index (χ0) is 14.9. The quantitative estimate of drug-likeness (QED) is 0.889. The van der Waals surface area contributed by atoms with E-state index in [-0.39, 0.29) is 17.2 Å². The number of nitrogens with one attached hydrogen (secondary N) is 2. The first kappa shape index (κ1) is 15.6. The molecule has 0 aromatic heterocycles. The highest BCUT2D eigenvalue weighted by Gasteiger charge is 2.44. The summed E-state index contributed by atoms with van der Waals surface area (Å²) < 4.78 is 0. The second-order valence-electron chi connectivity index (χ2n) is 5.77. The van der Waals surface area contributed by atoms with Gasteiger partial charge in [0.15, 0.2) is 0 Å². The number of carbonyl (C=O) groups is 1. The minimum absolute atomic E-state index is 0.0133. The molecule has 1 aromatic rings. The fourth-order valence-corrected chi connectivity index (χ4v) is 3.08. The highest BCUT2D eigenvalue weighted by molar-refractivity contribution is 6.36. The topological polar surface area (TPSA) is 41.1 Å². The van der Waals surface area contributed by atoms with E-state index in [9.17, 15) is 4.79 Å². The molecule has 1 unspecified atom stereocenters. The molecule has 1 atom stereocenters. The first-order valence-corrected chi connectivity index (χ1v) is 7.60. The molecule has 2 N–H and O–H groups in total. The molecule has 0 aliphatic carbocycles. The van der Waals surface area contributed by atoms with Gasteiger partial charge in [-0.1, -0.05) is 37.0 Å². The molecule has 1 amide bonds. The van der Waals surface area contributed by atoms with Crippen LogP contribution in [-0.4, -0.2) is 19.0 Å². The van der Waals surface area contributed by atoms with Crippen molar-refractivity contribution in [2.45, 2.75) is 27.2 Å². The average Bonchev–Trinajstić information content (AvgIpc) is 2.86. The molecule has 1 aromatic carbocycles. The van der Waals surface area contributed by atoms with E-state index in [0.29, 0.717) is 22.3 Å². The molecule has 0 spiro atoms. The zero-order valence-corrected chi connectivity index (χ0v) is 13.5. The summed E-state index contributed by atoms with van der Waals surface area (Å²) in [7, 11) is 0. The van der Waals surface area contributed by atoms with Gasteiger partial charge in [0.25, 0.3) is 0 Å². The van der Waals surface area contributed by atoms with Gasteiger partial charge in [-0.05, 0) is 43.5 Å². The minimum Gasteiger partial charge on any atom is -0.324 e. The van der Waals surface area contributed by atoms with Crippen LogP contribution in [0.15, 0.2) is 12.1 Å². The molecule has 0 bridgehead atoms. The predicted molar refractivity (Wildman–Crippen MR) is 84.6 cm³/mol. The molecule has 1 fully saturated rings. The van der Waals surface area contributed by atoms with Crippen molar-refractivity contribution in [1.29, 1.82) is 0 Å². The van der Waals surface area contributed by atoms with Crippen molar-refractivity contribution in [2.75, 3.05) is 18.4 Å². The van der Waals surface area contributed by atoms with Crippen LogP contribution in [0.1, 0.15) is 25.8 Å². The second kappa shape index (κ2) is 5.92. The molecule has 110 valence electrons. The lowest BCUT2D eigenvalue weighted by atomic mass is 9.75. The van der Waals surface area contributed by atoms with Crippen molar-refractivity contribution in [1.82, 2.24) is 5.32 Å². The average molecular weight is 315 g/mol. The summed E-state index contributed by atoms with van der Waals surface area (Å²) in [4.78, 5) is 12.7. The van der Waals surface area contributed by atoms with Gasteiger partial charge in [-0.15, -0.1) is 0 Å². The summed E-state index contributed by atoms with van der Waals surface area (Å²) in [5, 5.41) is 7.35. The van der Waals surface area contributed by atoms with Crippen molar-refractivity contribution < 1.29 is 4.79 Å². The van der Waals surface area contributed by atoms with Crippen LogP contribution >= 0.6 is 23.2 Å². The number of aryl methyl sites for hydroxylation is 1. The molecule has 0 radical (unpaired) electrons. The van der Waals surface area contributed by atoms with Crippen LogP contribution in [0.25, 0.3) is 0 Å². The summed E-state index contributed by atoms with van der Waals surface area (Å²) in [5.74, 6) is 0.275. The van der Waals surface area contributed by atoms with E-state index >= 15 is 0 Å². The van der Waals surface area contributed by atoms with Gasteiger partial charge in [0.2, 0.25) is 5.91 Å². The molecule has 20 heavy (non-hydrogen) atoms. The van der Waals surface area contributed by atoms with E-state index < -0.39 is 0 Å². The minimum atomic E-state index is -0.374. The molecule has 1 heterocycles. The number of amides is 1. The fourth-order valence-electron chi connectivity index (χ4n) is 2.65. The van der Waals surface area contributed by atoms with Gasteiger partial charge in [0.05, 0.1) is 16.1 Å². The number of anilines is 1. The lowest BCUT2D eigenvalue weighted by Crippen LogP contribution is -2.42. The molecular formula is C15H20Cl2N2O. The van der Waals surface area contributed by atoms with Gasteiger partial charge >= 0.3 is 0 Å². The Labute approximate surface area is 130 Å². The lowest BCUT2D eigenvalue weighted by molar-refractivity contribution is -0.126. The summed E-state index contributed by atoms with van der Waals surface area (Å²) in [6.45, 7) is 7.62. The van der Waals surface area contributed by atoms with Crippen molar-refractivity contribution in [3.05, 3.63) is 27.7 Å². The van der Waals surface area contributed by atoms with E-state index in [4.69, 9.17) is 23.2 Å². The molecule has 5 heteroatoms. The highest BCUT2D eigenvalue weighted by Crippen LogP contribution is 2.37. The first-order chi connectivity index (χ1) is 9.36. The standard InChI is InChI=1S/C15H20Cl2N2O/c1-9(2)15(4-5-18-8-15)14(20)19-13-7-11(16)10(3)6-12(13)17/h6-7,9,18H,4-5,8H2,1-3H3,(H,19,20). The Morgan fingerprint density at radius 1 is 1.35 bits per heavy atom. The second-order valence-corrected chi connectivity index (χ2v) is 6.59. The van der Waals surface area contributed by atoms with Gasteiger partial charge in [-0.3, -0.25) is 4.79 Å². The third-order valence-electron chi connectivity index (χ3n) is 4.24. The monoisotopic (exact) mass is 314 g/mol. The van der Waals surface area contributed by atoms with Crippen LogP contribution in [0.4, 0.5) is 5.69 Å². The van der Waals surface area contributed by atoms with Crippen molar-refractivity contribution in [3.8, 4) is 0 Å². The highest BCUT2D eigenvalue weighted by atomic mass is 35.5. The number of halogens is 2. The van der Waals surface area contributed by atoms with Crippen molar-refractivity contribution in [3.63, 3.8) is 0 Å². The molecular weight excluding hydrogens is 295 g/mol. The molecule has 0 saturated carbocycles. The van der Waals surface area contributed by atoms with E-state index in [0.717, 1.165) is 18.5 Å². The number of carbonyl (C=O) groups excluding carboxylic acids is 1.